The smallest absolute Gasteiger partial charge is 0.124 e. The maximum absolute atomic E-state index is 6.15. The lowest BCUT2D eigenvalue weighted by molar-refractivity contribution is 0.0146. The van der Waals surface area contributed by atoms with Gasteiger partial charge in [-0.3, -0.25) is 4.90 Å². The molecule has 2 aromatic rings. The first kappa shape index (κ1) is 18.4. The van der Waals surface area contributed by atoms with Crippen molar-refractivity contribution in [3.63, 3.8) is 0 Å². The van der Waals surface area contributed by atoms with Crippen molar-refractivity contribution >= 4 is 5.69 Å². The number of benzene rings is 2. The molecule has 0 saturated carbocycles. The minimum absolute atomic E-state index is 0.320. The Balaban J connectivity index is 1.23. The van der Waals surface area contributed by atoms with E-state index >= 15 is 0 Å². The van der Waals surface area contributed by atoms with Crippen molar-refractivity contribution in [2.45, 2.75) is 51.7 Å². The van der Waals surface area contributed by atoms with Gasteiger partial charge < -0.3 is 9.64 Å². The maximum atomic E-state index is 6.15. The lowest BCUT2D eigenvalue weighted by Gasteiger charge is -2.39. The summed E-state index contributed by atoms with van der Waals surface area (Å²) in [5, 5.41) is 0. The van der Waals surface area contributed by atoms with E-state index in [-0.39, 0.29) is 0 Å². The van der Waals surface area contributed by atoms with Crippen LogP contribution in [0.2, 0.25) is 0 Å². The van der Waals surface area contributed by atoms with Crippen LogP contribution in [0, 0.1) is 0 Å². The summed E-state index contributed by atoms with van der Waals surface area (Å²) in [4.78, 5) is 4.94. The zero-order valence-corrected chi connectivity index (χ0v) is 16.7. The molecule has 3 nitrogen and oxygen atoms in total. The highest BCUT2D eigenvalue weighted by Gasteiger charge is 2.28. The molecule has 2 aliphatic heterocycles. The third kappa shape index (κ3) is 4.65. The van der Waals surface area contributed by atoms with Gasteiger partial charge in [0.15, 0.2) is 0 Å². The van der Waals surface area contributed by atoms with Gasteiger partial charge in [0.25, 0.3) is 0 Å². The van der Waals surface area contributed by atoms with Crippen LogP contribution in [0.25, 0.3) is 0 Å². The van der Waals surface area contributed by atoms with Crippen LogP contribution in [0.4, 0.5) is 5.69 Å². The van der Waals surface area contributed by atoms with Crippen LogP contribution in [-0.2, 0) is 6.54 Å². The van der Waals surface area contributed by atoms with Gasteiger partial charge in [-0.1, -0.05) is 38.1 Å². The highest BCUT2D eigenvalue weighted by molar-refractivity contribution is 5.49. The molecule has 2 aromatic carbocycles. The number of hydrogen-bond acceptors (Lipinski definition) is 3. The summed E-state index contributed by atoms with van der Waals surface area (Å²) in [6, 6.07) is 17.8. The van der Waals surface area contributed by atoms with Gasteiger partial charge in [-0.15, -0.1) is 0 Å². The molecular weight excluding hydrogens is 332 g/mol. The summed E-state index contributed by atoms with van der Waals surface area (Å²) >= 11 is 0. The summed E-state index contributed by atoms with van der Waals surface area (Å²) in [5.41, 5.74) is 4.14. The minimum atomic E-state index is 0.320. The van der Waals surface area contributed by atoms with Crippen molar-refractivity contribution in [3.8, 4) is 5.75 Å². The fourth-order valence-electron chi connectivity index (χ4n) is 4.07. The van der Waals surface area contributed by atoms with Crippen LogP contribution in [0.1, 0.15) is 50.2 Å². The highest BCUT2D eigenvalue weighted by atomic mass is 16.5. The Morgan fingerprint density at radius 3 is 2.19 bits per heavy atom. The van der Waals surface area contributed by atoms with Crippen LogP contribution in [0.3, 0.4) is 0 Å². The van der Waals surface area contributed by atoms with Crippen molar-refractivity contribution in [3.05, 3.63) is 59.7 Å². The molecule has 4 rings (SSSR count). The molecule has 144 valence electrons. The zero-order chi connectivity index (χ0) is 18.6. The molecule has 0 spiro atoms. The van der Waals surface area contributed by atoms with Gasteiger partial charge in [0.1, 0.15) is 11.9 Å². The van der Waals surface area contributed by atoms with Crippen LogP contribution < -0.4 is 9.64 Å². The van der Waals surface area contributed by atoms with Gasteiger partial charge in [0.2, 0.25) is 0 Å². The third-order valence-electron chi connectivity index (χ3n) is 5.84. The molecule has 0 bridgehead atoms. The lowest BCUT2D eigenvalue weighted by Crippen LogP contribution is -2.53. The van der Waals surface area contributed by atoms with Gasteiger partial charge in [-0.05, 0) is 60.6 Å². The van der Waals surface area contributed by atoms with E-state index < -0.39 is 0 Å². The van der Waals surface area contributed by atoms with E-state index in [0.29, 0.717) is 12.0 Å². The number of nitrogens with zero attached hydrogens (tertiary/aromatic N) is 2. The fraction of sp³-hybridized carbons (Fsp3) is 0.500. The van der Waals surface area contributed by atoms with Crippen LogP contribution >= 0.6 is 0 Å². The van der Waals surface area contributed by atoms with Gasteiger partial charge in [-0.25, -0.2) is 0 Å². The van der Waals surface area contributed by atoms with E-state index in [4.69, 9.17) is 4.74 Å². The summed E-state index contributed by atoms with van der Waals surface area (Å²) in [5.74, 6) is 1.60. The number of likely N-dealkylation sites (tertiary alicyclic amines) is 1. The fourth-order valence-corrected chi connectivity index (χ4v) is 4.07. The van der Waals surface area contributed by atoms with Gasteiger partial charge in [-0.2, -0.15) is 0 Å². The summed E-state index contributed by atoms with van der Waals surface area (Å²) < 4.78 is 6.15. The van der Waals surface area contributed by atoms with Crippen LogP contribution in [-0.4, -0.2) is 37.2 Å². The molecule has 2 saturated heterocycles. The average molecular weight is 365 g/mol. The van der Waals surface area contributed by atoms with Gasteiger partial charge in [0, 0.05) is 38.4 Å². The van der Waals surface area contributed by atoms with E-state index in [1.807, 2.05) is 0 Å². The summed E-state index contributed by atoms with van der Waals surface area (Å²) in [6.07, 6.45) is 4.32. The van der Waals surface area contributed by atoms with Crippen molar-refractivity contribution in [2.75, 3.05) is 31.1 Å². The van der Waals surface area contributed by atoms with Gasteiger partial charge >= 0.3 is 0 Å². The molecule has 2 aliphatic rings. The number of piperidine rings is 1. The standard InChI is InChI=1S/C24H32N2O/c1-19(2)21-8-6-20(7-9-21)16-25-17-24(18-25)27-23-12-10-22(11-13-23)26-14-4-3-5-15-26/h6-13,19,24H,3-5,14-18H2,1-2H3. The summed E-state index contributed by atoms with van der Waals surface area (Å²) in [6.45, 7) is 9.91. The van der Waals surface area contributed by atoms with E-state index in [2.05, 4.69) is 72.2 Å². The Labute approximate surface area is 163 Å². The molecular formula is C24H32N2O. The van der Waals surface area contributed by atoms with Crippen LogP contribution in [0.15, 0.2) is 48.5 Å². The normalized spacial score (nSPS) is 18.6. The predicted octanol–water partition coefficient (Wildman–Crippen LogP) is 5.06. The SMILES string of the molecule is CC(C)c1ccc(CN2CC(Oc3ccc(N4CCCCC4)cc3)C2)cc1. The second kappa shape index (κ2) is 8.35. The molecule has 0 aromatic heterocycles. The molecule has 0 aliphatic carbocycles. The third-order valence-corrected chi connectivity index (χ3v) is 5.84. The lowest BCUT2D eigenvalue weighted by atomic mass is 10.0. The highest BCUT2D eigenvalue weighted by Crippen LogP contribution is 2.25. The molecule has 27 heavy (non-hydrogen) atoms. The van der Waals surface area contributed by atoms with Crippen molar-refractivity contribution in [2.24, 2.45) is 0 Å². The topological polar surface area (TPSA) is 15.7 Å². The first-order valence-electron chi connectivity index (χ1n) is 10.5. The zero-order valence-electron chi connectivity index (χ0n) is 16.7. The van der Waals surface area contributed by atoms with E-state index in [9.17, 15) is 0 Å². The predicted molar refractivity (Wildman–Crippen MR) is 113 cm³/mol. The molecule has 0 amide bonds. The Kier molecular flexibility index (Phi) is 5.68. The largest absolute Gasteiger partial charge is 0.488 e. The van der Waals surface area contributed by atoms with Crippen LogP contribution in [0.5, 0.6) is 5.75 Å². The number of hydrogen-bond donors (Lipinski definition) is 0. The minimum Gasteiger partial charge on any atom is -0.488 e. The number of ether oxygens (including phenoxy) is 1. The molecule has 2 heterocycles. The van der Waals surface area contributed by atoms with E-state index in [1.165, 1.54) is 49.2 Å². The first-order chi connectivity index (χ1) is 13.2. The van der Waals surface area contributed by atoms with E-state index in [1.54, 1.807) is 0 Å². The Morgan fingerprint density at radius 2 is 1.56 bits per heavy atom. The van der Waals surface area contributed by atoms with Crippen molar-refractivity contribution in [1.29, 1.82) is 0 Å². The molecule has 2 fully saturated rings. The Bertz CT molecular complexity index is 711. The quantitative estimate of drug-likeness (QED) is 0.712. The Hall–Kier alpha value is -2.00. The molecule has 0 atom stereocenters. The first-order valence-corrected chi connectivity index (χ1v) is 10.5. The van der Waals surface area contributed by atoms with Crippen molar-refractivity contribution < 1.29 is 4.74 Å². The van der Waals surface area contributed by atoms with Gasteiger partial charge in [0.05, 0.1) is 0 Å². The summed E-state index contributed by atoms with van der Waals surface area (Å²) in [7, 11) is 0. The molecule has 0 N–H and O–H groups in total. The second-order valence-corrected chi connectivity index (χ2v) is 8.37. The second-order valence-electron chi connectivity index (χ2n) is 8.37. The van der Waals surface area contributed by atoms with E-state index in [0.717, 1.165) is 25.4 Å². The molecule has 0 radical (unpaired) electrons. The monoisotopic (exact) mass is 364 g/mol. The van der Waals surface area contributed by atoms with Crippen molar-refractivity contribution in [1.82, 2.24) is 4.90 Å². The number of rotatable bonds is 6. The number of anilines is 1. The maximum Gasteiger partial charge on any atom is 0.124 e. The Morgan fingerprint density at radius 1 is 0.889 bits per heavy atom. The molecule has 0 unspecified atom stereocenters. The average Bonchev–Trinajstić information content (AvgIpc) is 2.68. The molecule has 3 heteroatoms.